The van der Waals surface area contributed by atoms with Crippen molar-refractivity contribution in [3.05, 3.63) is 111 Å². The third kappa shape index (κ3) is 5.88. The van der Waals surface area contributed by atoms with E-state index in [1.807, 2.05) is 19.9 Å². The van der Waals surface area contributed by atoms with Crippen LogP contribution in [0, 0.1) is 13.8 Å². The molecule has 2 aliphatic heterocycles. The fourth-order valence-electron chi connectivity index (χ4n) is 8.62. The van der Waals surface area contributed by atoms with Gasteiger partial charge in [-0.3, -0.25) is 0 Å². The molecule has 7 rings (SSSR count). The molecule has 0 amide bonds. The van der Waals surface area contributed by atoms with Gasteiger partial charge >= 0.3 is 18.9 Å². The van der Waals surface area contributed by atoms with E-state index in [-0.39, 0.29) is 19.0 Å². The lowest BCUT2D eigenvalue weighted by Crippen LogP contribution is -2.52. The number of aromatic nitrogens is 1. The van der Waals surface area contributed by atoms with Crippen molar-refractivity contribution in [2.45, 2.75) is 79.1 Å². The molecule has 3 heterocycles. The molecule has 7 nitrogen and oxygen atoms in total. The number of fused-ring (bicyclic) bond motifs is 5. The number of hydrogen-bond acceptors (Lipinski definition) is 5. The summed E-state index contributed by atoms with van der Waals surface area (Å²) in [6.07, 6.45) is 11.5. The molecular weight excluding hydrogens is 649 g/mol. The van der Waals surface area contributed by atoms with E-state index in [0.29, 0.717) is 48.5 Å². The van der Waals surface area contributed by atoms with Gasteiger partial charge in [0.25, 0.3) is 0 Å². The molecule has 2 aromatic carbocycles. The molecule has 0 spiro atoms. The molecule has 10 heteroatoms. The summed E-state index contributed by atoms with van der Waals surface area (Å²) >= 11 is 0. The summed E-state index contributed by atoms with van der Waals surface area (Å²) < 4.78 is 48.5. The van der Waals surface area contributed by atoms with E-state index in [4.69, 9.17) is 9.47 Å². The molecule has 0 saturated heterocycles. The van der Waals surface area contributed by atoms with Crippen molar-refractivity contribution < 1.29 is 37.3 Å². The fourth-order valence-corrected chi connectivity index (χ4v) is 8.62. The van der Waals surface area contributed by atoms with Crippen LogP contribution in [-0.4, -0.2) is 51.9 Å². The van der Waals surface area contributed by atoms with Crippen molar-refractivity contribution in [1.82, 2.24) is 4.48 Å². The zero-order valence-corrected chi connectivity index (χ0v) is 29.7. The summed E-state index contributed by atoms with van der Waals surface area (Å²) in [5.41, 5.74) is 10.4. The number of ether oxygens (including phenoxy) is 2. The summed E-state index contributed by atoms with van der Waals surface area (Å²) in [5, 5.41) is 10.2. The summed E-state index contributed by atoms with van der Waals surface area (Å²) in [7, 11) is 0. The highest BCUT2D eigenvalue weighted by Gasteiger charge is 2.58. The monoisotopic (exact) mass is 692 g/mol. The van der Waals surface area contributed by atoms with Gasteiger partial charge in [-0.1, -0.05) is 24.3 Å². The first-order chi connectivity index (χ1) is 24.6. The number of esters is 2. The third-order valence-electron chi connectivity index (χ3n) is 10.5. The van der Waals surface area contributed by atoms with Crippen molar-refractivity contribution in [3.8, 4) is 16.9 Å². The molecule has 0 fully saturated rings. The van der Waals surface area contributed by atoms with Gasteiger partial charge in [-0.2, -0.15) is 0 Å². The van der Waals surface area contributed by atoms with E-state index in [9.17, 15) is 14.7 Å². The lowest BCUT2D eigenvalue weighted by molar-refractivity contribution is -0.362. The van der Waals surface area contributed by atoms with Crippen LogP contribution in [-0.2, 0) is 31.9 Å². The number of aryl methyl sites for hydroxylation is 2. The maximum absolute atomic E-state index is 17.9. The van der Waals surface area contributed by atoms with Crippen LogP contribution in [0.5, 0.6) is 5.75 Å². The van der Waals surface area contributed by atoms with Crippen molar-refractivity contribution in [3.63, 3.8) is 0 Å². The molecule has 3 aromatic rings. The van der Waals surface area contributed by atoms with Gasteiger partial charge < -0.3 is 32.2 Å². The number of allylic oxidation sites excluding steroid dienone is 3. The Kier molecular flexibility index (Phi) is 9.20. The topological polar surface area (TPSA) is 80.8 Å². The third-order valence-corrected chi connectivity index (χ3v) is 10.5. The highest BCUT2D eigenvalue weighted by atomic mass is 19.2. The zero-order valence-electron chi connectivity index (χ0n) is 29.7. The van der Waals surface area contributed by atoms with Gasteiger partial charge in [0.15, 0.2) is 11.4 Å². The number of phenolic OH excluding ortho intramolecular Hbond substituents is 1. The molecule has 1 aromatic heterocycles. The van der Waals surface area contributed by atoms with Crippen LogP contribution < -0.4 is 0 Å². The number of halogens is 2. The summed E-state index contributed by atoms with van der Waals surface area (Å²) in [6, 6.07) is 11.2. The Morgan fingerprint density at radius 3 is 2.10 bits per heavy atom. The van der Waals surface area contributed by atoms with E-state index in [1.54, 1.807) is 32.0 Å². The van der Waals surface area contributed by atoms with Gasteiger partial charge in [-0.15, -0.1) is 0 Å². The predicted octanol–water partition coefficient (Wildman–Crippen LogP) is 8.39. The zero-order chi connectivity index (χ0) is 36.0. The number of nitrogens with zero attached hydrogens (tertiary/aromatic N) is 2. The average molecular weight is 693 g/mol. The Balaban J connectivity index is 1.59. The maximum atomic E-state index is 17.9. The second-order valence-corrected chi connectivity index (χ2v) is 13.7. The molecule has 264 valence electrons. The Hall–Kier alpha value is -4.99. The molecule has 0 saturated carbocycles. The first kappa shape index (κ1) is 34.5. The first-order valence-corrected chi connectivity index (χ1v) is 18.1. The van der Waals surface area contributed by atoms with Crippen LogP contribution in [0.4, 0.5) is 8.63 Å². The Morgan fingerprint density at radius 1 is 0.843 bits per heavy atom. The molecule has 51 heavy (non-hydrogen) atoms. The summed E-state index contributed by atoms with van der Waals surface area (Å²) in [6.45, 7) is 3.30. The minimum Gasteiger partial charge on any atom is -0.508 e. The van der Waals surface area contributed by atoms with Crippen LogP contribution in [0.1, 0.15) is 91.6 Å². The standard InChI is InChI=1S/C41H43BF2N2O5/c1-5-50-36(48)20-18-34-30-14-7-9-16-32(30)40-39(38-25(3)22-28(23-26(38)4)27-12-11-13-29(47)24-27)41-33-17-10-8-15-31(33)35(19-21-37(49)51-6-2)46(41)42(43,44)45(34)40/h11-13,18-24,47H,5-10,14-17H2,1-4H3/b20-18+,21-19+. The number of rotatable bonds is 8. The number of aromatic hydroxyl groups is 1. The molecule has 0 atom stereocenters. The highest BCUT2D eigenvalue weighted by molar-refractivity contribution is 6.59. The summed E-state index contributed by atoms with van der Waals surface area (Å²) in [5.74, 6) is -1.01. The average Bonchev–Trinajstić information content (AvgIpc) is 3.62. The quantitative estimate of drug-likeness (QED) is 0.146. The largest absolute Gasteiger partial charge is 0.737 e. The number of phenols is 1. The first-order valence-electron chi connectivity index (χ1n) is 18.1. The van der Waals surface area contributed by atoms with Gasteiger partial charge in [0.2, 0.25) is 0 Å². The van der Waals surface area contributed by atoms with Crippen molar-refractivity contribution >= 4 is 36.3 Å². The highest BCUT2D eigenvalue weighted by Crippen LogP contribution is 2.52. The van der Waals surface area contributed by atoms with Gasteiger partial charge in [0.05, 0.1) is 18.8 Å². The molecular formula is C41H43BF2N2O5. The van der Waals surface area contributed by atoms with Gasteiger partial charge in [0, 0.05) is 40.8 Å². The predicted molar refractivity (Wildman–Crippen MR) is 196 cm³/mol. The molecule has 0 bridgehead atoms. The lowest BCUT2D eigenvalue weighted by atomic mass is 9.78. The molecule has 1 N–H and O–H groups in total. The van der Waals surface area contributed by atoms with Gasteiger partial charge in [-0.05, 0) is 136 Å². The molecule has 0 radical (unpaired) electrons. The van der Waals surface area contributed by atoms with Crippen molar-refractivity contribution in [1.29, 1.82) is 0 Å². The fraction of sp³-hybridized carbons (Fsp3) is 0.341. The van der Waals surface area contributed by atoms with Crippen LogP contribution >= 0.6 is 0 Å². The number of carbonyl (C=O) groups excluding carboxylic acids is 2. The summed E-state index contributed by atoms with van der Waals surface area (Å²) in [4.78, 5) is 25.2. The van der Waals surface area contributed by atoms with Gasteiger partial charge in [0.1, 0.15) is 5.75 Å². The van der Waals surface area contributed by atoms with Crippen LogP contribution in [0.2, 0.25) is 0 Å². The van der Waals surface area contributed by atoms with E-state index >= 15 is 8.63 Å². The van der Waals surface area contributed by atoms with Gasteiger partial charge in [-0.25, -0.2) is 9.59 Å². The van der Waals surface area contributed by atoms with Crippen LogP contribution in [0.15, 0.2) is 71.5 Å². The minimum atomic E-state index is -4.51. The Labute approximate surface area is 297 Å². The lowest BCUT2D eigenvalue weighted by Gasteiger charge is -2.35. The molecule has 2 aliphatic carbocycles. The maximum Gasteiger partial charge on any atom is 0.737 e. The second kappa shape index (κ2) is 13.6. The van der Waals surface area contributed by atoms with E-state index in [1.165, 1.54) is 33.3 Å². The normalized spacial score (nSPS) is 17.9. The molecule has 4 aliphatic rings. The Morgan fingerprint density at radius 2 is 1.45 bits per heavy atom. The van der Waals surface area contributed by atoms with Crippen LogP contribution in [0.25, 0.3) is 22.8 Å². The van der Waals surface area contributed by atoms with E-state index in [2.05, 4.69) is 12.1 Å². The number of carbonyl (C=O) groups is 2. The number of hydrogen-bond donors (Lipinski definition) is 1. The smallest absolute Gasteiger partial charge is 0.508 e. The van der Waals surface area contributed by atoms with E-state index < -0.39 is 18.9 Å². The number of benzene rings is 2. The second-order valence-electron chi connectivity index (χ2n) is 13.7. The molecule has 0 unspecified atom stereocenters. The van der Waals surface area contributed by atoms with E-state index in [0.717, 1.165) is 81.3 Å². The van der Waals surface area contributed by atoms with Crippen LogP contribution in [0.3, 0.4) is 0 Å². The Bertz CT molecular complexity index is 2110. The minimum absolute atomic E-state index is 0.165. The SMILES string of the molecule is CCOC(=O)/C=C/C1=[N+]2C(=C(c3c(C)cc(-c4cccc(O)c4)cc3C)c3c4c(c(/C=C/C(=O)OCC)n3[B-]2(F)F)CCCC4)C2=C1CCCC2. The van der Waals surface area contributed by atoms with Crippen molar-refractivity contribution in [2.24, 2.45) is 0 Å². The van der Waals surface area contributed by atoms with Crippen molar-refractivity contribution in [2.75, 3.05) is 13.2 Å².